The van der Waals surface area contributed by atoms with Gasteiger partial charge in [0.25, 0.3) is 5.91 Å². The van der Waals surface area contributed by atoms with Gasteiger partial charge >= 0.3 is 0 Å². The van der Waals surface area contributed by atoms with Crippen molar-refractivity contribution in [1.29, 1.82) is 0 Å². The van der Waals surface area contributed by atoms with Crippen LogP contribution in [0.25, 0.3) is 0 Å². The van der Waals surface area contributed by atoms with Gasteiger partial charge in [0, 0.05) is 31.8 Å². The van der Waals surface area contributed by atoms with Crippen LogP contribution in [0.1, 0.15) is 23.2 Å². The minimum absolute atomic E-state index is 0.0423. The molecule has 1 amide bonds. The van der Waals surface area contributed by atoms with E-state index in [2.05, 4.69) is 5.32 Å². The van der Waals surface area contributed by atoms with E-state index >= 15 is 0 Å². The summed E-state index contributed by atoms with van der Waals surface area (Å²) in [6.07, 6.45) is 2.25. The van der Waals surface area contributed by atoms with E-state index in [1.807, 2.05) is 4.90 Å². The second kappa shape index (κ2) is 7.99. The van der Waals surface area contributed by atoms with Crippen molar-refractivity contribution in [2.24, 2.45) is 0 Å². The van der Waals surface area contributed by atoms with E-state index in [0.717, 1.165) is 19.4 Å². The molecule has 21 heavy (non-hydrogen) atoms. The molecule has 0 aliphatic carbocycles. The van der Waals surface area contributed by atoms with Crippen LogP contribution in [-0.4, -0.2) is 50.2 Å². The van der Waals surface area contributed by atoms with Gasteiger partial charge in [0.15, 0.2) is 0 Å². The van der Waals surface area contributed by atoms with E-state index < -0.39 is 0 Å². The number of benzene rings is 1. The van der Waals surface area contributed by atoms with Crippen molar-refractivity contribution in [3.8, 4) is 0 Å². The Balaban J connectivity index is 2.09. The maximum Gasteiger partial charge on any atom is 0.254 e. The van der Waals surface area contributed by atoms with Gasteiger partial charge in [-0.15, -0.1) is 0 Å². The topological polar surface area (TPSA) is 41.6 Å². The molecular weight excluding hydrogens is 311 g/mol. The summed E-state index contributed by atoms with van der Waals surface area (Å²) in [7, 11) is 1.63. The predicted octanol–water partition coefficient (Wildman–Crippen LogP) is 2.83. The van der Waals surface area contributed by atoms with Crippen LogP contribution in [0.15, 0.2) is 18.2 Å². The number of methoxy groups -OCH3 is 1. The minimum Gasteiger partial charge on any atom is -0.383 e. The van der Waals surface area contributed by atoms with Crippen LogP contribution in [0.5, 0.6) is 0 Å². The monoisotopic (exact) mass is 330 g/mol. The summed E-state index contributed by atoms with van der Waals surface area (Å²) in [5.41, 5.74) is 0.554. The lowest BCUT2D eigenvalue weighted by Crippen LogP contribution is -2.42. The lowest BCUT2D eigenvalue weighted by Gasteiger charge is -2.26. The molecule has 0 bridgehead atoms. The maximum atomic E-state index is 12.6. The molecule has 1 saturated heterocycles. The summed E-state index contributed by atoms with van der Waals surface area (Å²) in [6, 6.07) is 5.33. The molecule has 1 fully saturated rings. The highest BCUT2D eigenvalue weighted by molar-refractivity contribution is 6.42. The van der Waals surface area contributed by atoms with Crippen molar-refractivity contribution >= 4 is 29.1 Å². The highest BCUT2D eigenvalue weighted by atomic mass is 35.5. The van der Waals surface area contributed by atoms with E-state index in [9.17, 15) is 4.79 Å². The fourth-order valence-corrected chi connectivity index (χ4v) is 2.77. The predicted molar refractivity (Wildman–Crippen MR) is 85.3 cm³/mol. The van der Waals surface area contributed by atoms with Gasteiger partial charge in [-0.1, -0.05) is 23.2 Å². The Morgan fingerprint density at radius 3 is 2.86 bits per heavy atom. The Morgan fingerprint density at radius 2 is 2.24 bits per heavy atom. The number of hydrogen-bond acceptors (Lipinski definition) is 3. The Bertz CT molecular complexity index is 491. The van der Waals surface area contributed by atoms with Gasteiger partial charge in [-0.3, -0.25) is 4.79 Å². The Kier molecular flexibility index (Phi) is 6.30. The number of carbonyl (C=O) groups excluding carboxylic acids is 1. The van der Waals surface area contributed by atoms with E-state index in [1.54, 1.807) is 25.3 Å². The zero-order chi connectivity index (χ0) is 15.2. The number of hydrogen-bond donors (Lipinski definition) is 1. The highest BCUT2D eigenvalue weighted by Crippen LogP contribution is 2.23. The largest absolute Gasteiger partial charge is 0.383 e. The molecule has 4 nitrogen and oxygen atoms in total. The van der Waals surface area contributed by atoms with Crippen molar-refractivity contribution in [1.82, 2.24) is 10.2 Å². The second-order valence-corrected chi connectivity index (χ2v) is 5.98. The van der Waals surface area contributed by atoms with Gasteiger partial charge in [-0.25, -0.2) is 0 Å². The first-order valence-electron chi connectivity index (χ1n) is 7.08. The SMILES string of the molecule is COCCN(CC1CCCN1)C(=O)c1ccc(Cl)c(Cl)c1. The molecule has 0 radical (unpaired) electrons. The van der Waals surface area contributed by atoms with E-state index in [4.69, 9.17) is 27.9 Å². The van der Waals surface area contributed by atoms with Gasteiger partial charge in [-0.2, -0.15) is 0 Å². The molecule has 0 spiro atoms. The molecule has 1 aromatic carbocycles. The van der Waals surface area contributed by atoms with Crippen LogP contribution in [-0.2, 0) is 4.74 Å². The Hall–Kier alpha value is -0.810. The molecule has 0 saturated carbocycles. The molecule has 1 atom stereocenters. The average Bonchev–Trinajstić information content (AvgIpc) is 2.98. The molecule has 6 heteroatoms. The summed E-state index contributed by atoms with van der Waals surface area (Å²) in [4.78, 5) is 14.5. The number of halogens is 2. The van der Waals surface area contributed by atoms with Crippen LogP contribution >= 0.6 is 23.2 Å². The molecule has 1 heterocycles. The molecule has 116 valence electrons. The number of ether oxygens (including phenoxy) is 1. The summed E-state index contributed by atoms with van der Waals surface area (Å²) in [6.45, 7) is 2.78. The normalized spacial score (nSPS) is 18.0. The fourth-order valence-electron chi connectivity index (χ4n) is 2.47. The smallest absolute Gasteiger partial charge is 0.254 e. The Labute approximate surface area is 135 Å². The summed E-state index contributed by atoms with van der Waals surface area (Å²) in [5.74, 6) is -0.0423. The molecule has 1 unspecified atom stereocenters. The maximum absolute atomic E-state index is 12.6. The third-order valence-corrected chi connectivity index (χ3v) is 4.36. The minimum atomic E-state index is -0.0423. The van der Waals surface area contributed by atoms with Gasteiger partial charge in [0.05, 0.1) is 16.7 Å². The quantitative estimate of drug-likeness (QED) is 0.872. The van der Waals surface area contributed by atoms with Crippen LogP contribution in [0, 0.1) is 0 Å². The third-order valence-electron chi connectivity index (χ3n) is 3.62. The van der Waals surface area contributed by atoms with Crippen molar-refractivity contribution in [3.63, 3.8) is 0 Å². The number of carbonyl (C=O) groups is 1. The molecule has 0 aromatic heterocycles. The van der Waals surface area contributed by atoms with E-state index in [-0.39, 0.29) is 5.91 Å². The fraction of sp³-hybridized carbons (Fsp3) is 0.533. The molecule has 1 aromatic rings. The number of amides is 1. The molecule has 1 aliphatic heterocycles. The van der Waals surface area contributed by atoms with E-state index in [1.165, 1.54) is 0 Å². The first kappa shape index (κ1) is 16.6. The van der Waals surface area contributed by atoms with Gasteiger partial charge < -0.3 is 15.0 Å². The molecule has 2 rings (SSSR count). The first-order valence-corrected chi connectivity index (χ1v) is 7.84. The van der Waals surface area contributed by atoms with Crippen molar-refractivity contribution in [2.45, 2.75) is 18.9 Å². The van der Waals surface area contributed by atoms with Crippen molar-refractivity contribution in [3.05, 3.63) is 33.8 Å². The summed E-state index contributed by atoms with van der Waals surface area (Å²) < 4.78 is 5.10. The zero-order valence-corrected chi connectivity index (χ0v) is 13.6. The van der Waals surface area contributed by atoms with Gasteiger partial charge in [-0.05, 0) is 37.6 Å². The Morgan fingerprint density at radius 1 is 1.43 bits per heavy atom. The second-order valence-electron chi connectivity index (χ2n) is 5.17. The van der Waals surface area contributed by atoms with E-state index in [0.29, 0.717) is 41.3 Å². The van der Waals surface area contributed by atoms with Crippen LogP contribution in [0.2, 0.25) is 10.0 Å². The van der Waals surface area contributed by atoms with Crippen LogP contribution < -0.4 is 5.32 Å². The number of rotatable bonds is 6. The summed E-state index contributed by atoms with van der Waals surface area (Å²) >= 11 is 11.9. The van der Waals surface area contributed by atoms with Crippen molar-refractivity contribution < 1.29 is 9.53 Å². The van der Waals surface area contributed by atoms with Gasteiger partial charge in [0.1, 0.15) is 0 Å². The molecular formula is C15H20Cl2N2O2. The third kappa shape index (κ3) is 4.58. The molecule has 1 N–H and O–H groups in total. The van der Waals surface area contributed by atoms with Crippen molar-refractivity contribution in [2.75, 3.05) is 33.4 Å². The van der Waals surface area contributed by atoms with Crippen LogP contribution in [0.3, 0.4) is 0 Å². The number of nitrogens with one attached hydrogen (secondary N) is 1. The molecule has 1 aliphatic rings. The number of nitrogens with zero attached hydrogens (tertiary/aromatic N) is 1. The zero-order valence-electron chi connectivity index (χ0n) is 12.1. The highest BCUT2D eigenvalue weighted by Gasteiger charge is 2.22. The standard InChI is InChI=1S/C15H20Cl2N2O2/c1-21-8-7-19(10-12-3-2-6-18-12)15(20)11-4-5-13(16)14(17)9-11/h4-5,9,12,18H,2-3,6-8,10H2,1H3. The van der Waals surface area contributed by atoms with Gasteiger partial charge in [0.2, 0.25) is 0 Å². The average molecular weight is 331 g/mol. The van der Waals surface area contributed by atoms with Crippen LogP contribution in [0.4, 0.5) is 0 Å². The lowest BCUT2D eigenvalue weighted by molar-refractivity contribution is 0.0679. The summed E-state index contributed by atoms with van der Waals surface area (Å²) in [5, 5.41) is 4.26. The lowest BCUT2D eigenvalue weighted by atomic mass is 10.1. The first-order chi connectivity index (χ1) is 10.1.